The topological polar surface area (TPSA) is 71.3 Å². The van der Waals surface area contributed by atoms with Gasteiger partial charge < -0.3 is 14.6 Å². The summed E-state index contributed by atoms with van der Waals surface area (Å²) in [7, 11) is 0. The lowest BCUT2D eigenvalue weighted by atomic mass is 10.0. The maximum atomic E-state index is 12.2. The van der Waals surface area contributed by atoms with Crippen LogP contribution < -0.4 is 10.2 Å². The van der Waals surface area contributed by atoms with Crippen LogP contribution in [0.2, 0.25) is 0 Å². The molecule has 0 saturated carbocycles. The average molecular weight is 360 g/mol. The van der Waals surface area contributed by atoms with Gasteiger partial charge in [-0.3, -0.25) is 4.79 Å². The molecule has 1 saturated heterocycles. The van der Waals surface area contributed by atoms with Crippen LogP contribution in [0.5, 0.6) is 0 Å². The van der Waals surface area contributed by atoms with Crippen molar-refractivity contribution in [3.63, 3.8) is 0 Å². The van der Waals surface area contributed by atoms with Crippen molar-refractivity contribution in [3.05, 3.63) is 41.8 Å². The largest absolute Gasteiger partial charge is 0.406 e. The highest BCUT2D eigenvalue weighted by Gasteiger charge is 2.25. The summed E-state index contributed by atoms with van der Waals surface area (Å²) in [6.45, 7) is 5.57. The van der Waals surface area contributed by atoms with Crippen LogP contribution in [0.1, 0.15) is 31.3 Å². The van der Waals surface area contributed by atoms with E-state index in [9.17, 15) is 4.79 Å². The molecule has 0 bridgehead atoms. The van der Waals surface area contributed by atoms with Crippen LogP contribution in [0.3, 0.4) is 0 Å². The summed E-state index contributed by atoms with van der Waals surface area (Å²) in [4.78, 5) is 14.3. The molecule has 1 aliphatic heterocycles. The molecule has 1 aromatic carbocycles. The van der Waals surface area contributed by atoms with Crippen molar-refractivity contribution in [2.24, 2.45) is 5.92 Å². The minimum absolute atomic E-state index is 0.0185. The first kappa shape index (κ1) is 17.8. The maximum Gasteiger partial charge on any atom is 0.318 e. The molecule has 6 nitrogen and oxygen atoms in total. The van der Waals surface area contributed by atoms with Gasteiger partial charge in [0.2, 0.25) is 11.8 Å². The Labute approximate surface area is 152 Å². The van der Waals surface area contributed by atoms with E-state index in [0.717, 1.165) is 30.2 Å². The van der Waals surface area contributed by atoms with Gasteiger partial charge in [0.15, 0.2) is 0 Å². The zero-order valence-electron chi connectivity index (χ0n) is 14.6. The lowest BCUT2D eigenvalue weighted by Crippen LogP contribution is -2.33. The number of carbonyl (C=O) groups excluding carboxylic acids is 1. The summed E-state index contributed by atoms with van der Waals surface area (Å²) in [5.41, 5.74) is 1.12. The zero-order chi connectivity index (χ0) is 17.6. The molecule has 0 spiro atoms. The second-order valence-corrected chi connectivity index (χ2v) is 7.65. The first-order valence-corrected chi connectivity index (χ1v) is 9.79. The molecule has 2 aromatic rings. The summed E-state index contributed by atoms with van der Waals surface area (Å²) in [6, 6.07) is 10.2. The van der Waals surface area contributed by atoms with E-state index in [1.807, 2.05) is 55.9 Å². The maximum absolute atomic E-state index is 12.2. The van der Waals surface area contributed by atoms with Crippen molar-refractivity contribution in [1.82, 2.24) is 15.5 Å². The van der Waals surface area contributed by atoms with Gasteiger partial charge in [-0.25, -0.2) is 0 Å². The number of amides is 1. The fraction of sp³-hybridized carbons (Fsp3) is 0.500. The number of aromatic nitrogens is 2. The van der Waals surface area contributed by atoms with Crippen LogP contribution >= 0.6 is 11.8 Å². The van der Waals surface area contributed by atoms with E-state index < -0.39 is 0 Å². The Kier molecular flexibility index (Phi) is 5.96. The molecule has 1 atom stereocenters. The molecule has 1 unspecified atom stereocenters. The number of hydrogen-bond acceptors (Lipinski definition) is 6. The fourth-order valence-electron chi connectivity index (χ4n) is 2.64. The normalized spacial score (nSPS) is 16.0. The highest BCUT2D eigenvalue weighted by molar-refractivity contribution is 7.99. The van der Waals surface area contributed by atoms with Crippen LogP contribution in [0.25, 0.3) is 0 Å². The first-order chi connectivity index (χ1) is 12.1. The number of hydrogen-bond donors (Lipinski definition) is 1. The Morgan fingerprint density at radius 3 is 2.64 bits per heavy atom. The molecule has 1 fully saturated rings. The Balaban J connectivity index is 1.78. The second-order valence-electron chi connectivity index (χ2n) is 6.43. The number of thioether (sulfide) groups is 1. The monoisotopic (exact) mass is 360 g/mol. The third kappa shape index (κ3) is 4.75. The van der Waals surface area contributed by atoms with E-state index >= 15 is 0 Å². The van der Waals surface area contributed by atoms with Gasteiger partial charge in [-0.15, -0.1) is 5.10 Å². The number of benzene rings is 1. The number of carbonyl (C=O) groups is 1. The lowest BCUT2D eigenvalue weighted by Gasteiger charge is -2.24. The summed E-state index contributed by atoms with van der Waals surface area (Å²) >= 11 is 1.93. The molecule has 7 heteroatoms. The van der Waals surface area contributed by atoms with E-state index in [-0.39, 0.29) is 17.9 Å². The molecule has 1 aromatic heterocycles. The fourth-order valence-corrected chi connectivity index (χ4v) is 3.54. The molecule has 1 amide bonds. The molecular formula is C18H24N4O2S. The predicted molar refractivity (Wildman–Crippen MR) is 99.7 cm³/mol. The van der Waals surface area contributed by atoms with Gasteiger partial charge in [0.1, 0.15) is 6.04 Å². The summed E-state index contributed by atoms with van der Waals surface area (Å²) in [5.74, 6) is 2.48. The smallest absolute Gasteiger partial charge is 0.318 e. The molecule has 2 heterocycles. The van der Waals surface area contributed by atoms with Crippen molar-refractivity contribution in [2.45, 2.75) is 26.3 Å². The molecule has 0 radical (unpaired) electrons. The molecule has 1 aliphatic rings. The van der Waals surface area contributed by atoms with Gasteiger partial charge in [-0.2, -0.15) is 11.8 Å². The number of rotatable bonds is 6. The Bertz CT molecular complexity index is 683. The molecule has 134 valence electrons. The van der Waals surface area contributed by atoms with E-state index in [1.165, 1.54) is 0 Å². The summed E-state index contributed by atoms with van der Waals surface area (Å²) in [5, 5.41) is 11.5. The van der Waals surface area contributed by atoms with Gasteiger partial charge in [-0.1, -0.05) is 49.3 Å². The second kappa shape index (κ2) is 8.38. The highest BCUT2D eigenvalue weighted by atomic mass is 32.2. The zero-order valence-corrected chi connectivity index (χ0v) is 15.5. The van der Waals surface area contributed by atoms with Crippen molar-refractivity contribution in [2.75, 3.05) is 29.5 Å². The van der Waals surface area contributed by atoms with Crippen molar-refractivity contribution >= 4 is 23.7 Å². The minimum Gasteiger partial charge on any atom is -0.406 e. The van der Waals surface area contributed by atoms with Crippen molar-refractivity contribution in [3.8, 4) is 0 Å². The summed E-state index contributed by atoms with van der Waals surface area (Å²) < 4.78 is 5.92. The highest BCUT2D eigenvalue weighted by Crippen LogP contribution is 2.23. The van der Waals surface area contributed by atoms with E-state index in [1.54, 1.807) is 0 Å². The Hall–Kier alpha value is -2.02. The van der Waals surface area contributed by atoms with Gasteiger partial charge in [0.25, 0.3) is 0 Å². The molecule has 3 rings (SSSR count). The number of nitrogens with zero attached hydrogens (tertiary/aromatic N) is 3. The van der Waals surface area contributed by atoms with Crippen LogP contribution in [-0.2, 0) is 11.2 Å². The van der Waals surface area contributed by atoms with Crippen LogP contribution in [-0.4, -0.2) is 40.7 Å². The Morgan fingerprint density at radius 2 is 1.96 bits per heavy atom. The molecule has 25 heavy (non-hydrogen) atoms. The van der Waals surface area contributed by atoms with E-state index in [2.05, 4.69) is 20.4 Å². The van der Waals surface area contributed by atoms with Gasteiger partial charge in [0, 0.05) is 36.9 Å². The predicted octanol–water partition coefficient (Wildman–Crippen LogP) is 2.68. The van der Waals surface area contributed by atoms with Crippen LogP contribution in [0.4, 0.5) is 6.01 Å². The molecule has 1 N–H and O–H groups in total. The third-order valence-corrected chi connectivity index (χ3v) is 5.08. The number of anilines is 1. The van der Waals surface area contributed by atoms with E-state index in [0.29, 0.717) is 18.3 Å². The van der Waals surface area contributed by atoms with Gasteiger partial charge in [-0.05, 0) is 5.56 Å². The first-order valence-electron chi connectivity index (χ1n) is 8.64. The van der Waals surface area contributed by atoms with Gasteiger partial charge in [0.05, 0.1) is 0 Å². The summed E-state index contributed by atoms with van der Waals surface area (Å²) in [6.07, 6.45) is 0.622. The van der Waals surface area contributed by atoms with Crippen molar-refractivity contribution in [1.29, 1.82) is 0 Å². The standard InChI is InChI=1S/C18H24N4O2S/c1-13(2)16(23)19-15(12-14-6-4-3-5-7-14)17-20-21-18(24-17)22-8-10-25-11-9-22/h3-7,13,15H,8-12H2,1-2H3,(H,19,23). The van der Waals surface area contributed by atoms with Crippen molar-refractivity contribution < 1.29 is 9.21 Å². The number of nitrogens with one attached hydrogen (secondary N) is 1. The Morgan fingerprint density at radius 1 is 1.24 bits per heavy atom. The van der Waals surface area contributed by atoms with E-state index in [4.69, 9.17) is 4.42 Å². The third-order valence-electron chi connectivity index (χ3n) is 4.13. The lowest BCUT2D eigenvalue weighted by molar-refractivity contribution is -0.124. The van der Waals surface area contributed by atoms with Crippen LogP contribution in [0, 0.1) is 5.92 Å². The minimum atomic E-state index is -0.322. The van der Waals surface area contributed by atoms with Gasteiger partial charge >= 0.3 is 6.01 Å². The molecular weight excluding hydrogens is 336 g/mol. The molecule has 0 aliphatic carbocycles. The van der Waals surface area contributed by atoms with Crippen LogP contribution in [0.15, 0.2) is 34.7 Å². The average Bonchev–Trinajstić information content (AvgIpc) is 3.13. The quantitative estimate of drug-likeness (QED) is 0.854. The SMILES string of the molecule is CC(C)C(=O)NC(Cc1ccccc1)c1nnc(N2CCSCC2)o1.